The molecule has 6 nitrogen and oxygen atoms in total. The van der Waals surface area contributed by atoms with Crippen LogP contribution in [0.5, 0.6) is 0 Å². The Labute approximate surface area is 179 Å². The van der Waals surface area contributed by atoms with Gasteiger partial charge in [0, 0.05) is 23.8 Å². The first kappa shape index (κ1) is 19.1. The molecule has 3 aromatic rings. The number of hydrogen-bond donors (Lipinski definition) is 2. The summed E-state index contributed by atoms with van der Waals surface area (Å²) in [5.74, 6) is 0.451. The van der Waals surface area contributed by atoms with Gasteiger partial charge in [-0.3, -0.25) is 4.90 Å². The van der Waals surface area contributed by atoms with Crippen LogP contribution in [0.4, 0.5) is 11.5 Å². The van der Waals surface area contributed by atoms with E-state index in [9.17, 15) is 4.79 Å². The van der Waals surface area contributed by atoms with Gasteiger partial charge in [-0.05, 0) is 67.2 Å². The van der Waals surface area contributed by atoms with Gasteiger partial charge in [-0.2, -0.15) is 0 Å². The fraction of sp³-hybridized carbons (Fsp3) is 0.261. The summed E-state index contributed by atoms with van der Waals surface area (Å²) in [7, 11) is 0. The Hall–Kier alpha value is -2.90. The molecule has 0 saturated carbocycles. The van der Waals surface area contributed by atoms with Gasteiger partial charge in [0.15, 0.2) is 5.82 Å². The minimum Gasteiger partial charge on any atom is -0.478 e. The lowest BCUT2D eigenvalue weighted by Crippen LogP contribution is -2.32. The van der Waals surface area contributed by atoms with Crippen LogP contribution in [0.3, 0.4) is 0 Å². The van der Waals surface area contributed by atoms with Gasteiger partial charge in [-0.1, -0.05) is 30.0 Å². The minimum atomic E-state index is -0.871. The number of likely N-dealkylation sites (tertiary alicyclic amines) is 1. The normalized spacial score (nSPS) is 16.4. The molecule has 0 atom stereocenters. The number of carboxylic acids is 1. The maximum Gasteiger partial charge on any atom is 0.335 e. The quantitative estimate of drug-likeness (QED) is 0.494. The average Bonchev–Trinajstić information content (AvgIpc) is 2.78. The zero-order valence-electron chi connectivity index (χ0n) is 16.4. The molecular weight excluding hydrogens is 396 g/mol. The van der Waals surface area contributed by atoms with Gasteiger partial charge in [0.05, 0.1) is 11.3 Å². The predicted molar refractivity (Wildman–Crippen MR) is 117 cm³/mol. The summed E-state index contributed by atoms with van der Waals surface area (Å²) in [4.78, 5) is 23.5. The van der Waals surface area contributed by atoms with Crippen molar-refractivity contribution in [1.82, 2.24) is 14.9 Å². The molecule has 0 spiro atoms. The first-order chi connectivity index (χ1) is 14.7. The average molecular weight is 419 g/mol. The Morgan fingerprint density at radius 3 is 2.63 bits per heavy atom. The number of hydrogen-bond acceptors (Lipinski definition) is 6. The van der Waals surface area contributed by atoms with Crippen molar-refractivity contribution in [1.29, 1.82) is 0 Å². The monoisotopic (exact) mass is 418 g/mol. The lowest BCUT2D eigenvalue weighted by Gasteiger charge is -2.32. The van der Waals surface area contributed by atoms with Crippen LogP contribution in [-0.2, 0) is 6.54 Å². The molecule has 0 unspecified atom stereocenters. The smallest absolute Gasteiger partial charge is 0.335 e. The number of nitrogens with one attached hydrogen (secondary N) is 1. The molecule has 0 aliphatic carbocycles. The fourth-order valence-corrected chi connectivity index (χ4v) is 5.04. The highest BCUT2D eigenvalue weighted by molar-refractivity contribution is 7.99. The highest BCUT2D eigenvalue weighted by Crippen LogP contribution is 2.42. The van der Waals surface area contributed by atoms with Gasteiger partial charge >= 0.3 is 5.97 Å². The second kappa shape index (κ2) is 8.08. The Balaban J connectivity index is 1.21. The SMILES string of the molecule is O=C(O)c1ccc(C2CCN(Cc3ccc4c(c3)Nc3nccnc3S4)CC2)cc1. The van der Waals surface area contributed by atoms with Crippen molar-refractivity contribution in [3.63, 3.8) is 0 Å². The summed E-state index contributed by atoms with van der Waals surface area (Å²) in [5.41, 5.74) is 3.98. The summed E-state index contributed by atoms with van der Waals surface area (Å²) < 4.78 is 0. The Morgan fingerprint density at radius 1 is 1.10 bits per heavy atom. The van der Waals surface area contributed by atoms with Crippen molar-refractivity contribution in [3.05, 3.63) is 71.5 Å². The third kappa shape index (κ3) is 3.91. The topological polar surface area (TPSA) is 78.4 Å². The van der Waals surface area contributed by atoms with Crippen LogP contribution in [0, 0.1) is 0 Å². The highest BCUT2D eigenvalue weighted by Gasteiger charge is 2.22. The second-order valence-corrected chi connectivity index (χ2v) is 8.78. The summed E-state index contributed by atoms with van der Waals surface area (Å²) in [6.07, 6.45) is 5.61. The molecule has 0 bridgehead atoms. The van der Waals surface area contributed by atoms with Crippen LogP contribution >= 0.6 is 11.8 Å². The summed E-state index contributed by atoms with van der Waals surface area (Å²) in [6.45, 7) is 3.01. The number of aromatic carboxylic acids is 1. The number of aromatic nitrogens is 2. The van der Waals surface area contributed by atoms with Crippen LogP contribution in [0.1, 0.15) is 40.2 Å². The van der Waals surface area contributed by atoms with Gasteiger partial charge in [0.1, 0.15) is 5.03 Å². The summed E-state index contributed by atoms with van der Waals surface area (Å²) in [5, 5.41) is 13.4. The van der Waals surface area contributed by atoms with Crippen molar-refractivity contribution in [2.24, 2.45) is 0 Å². The number of carbonyl (C=O) groups is 1. The van der Waals surface area contributed by atoms with E-state index >= 15 is 0 Å². The molecule has 1 fully saturated rings. The highest BCUT2D eigenvalue weighted by atomic mass is 32.2. The number of rotatable bonds is 4. The molecule has 1 saturated heterocycles. The molecule has 1 aromatic heterocycles. The first-order valence-electron chi connectivity index (χ1n) is 10.1. The Kier molecular flexibility index (Phi) is 5.14. The van der Waals surface area contributed by atoms with Crippen LogP contribution in [0.2, 0.25) is 0 Å². The van der Waals surface area contributed by atoms with Crippen molar-refractivity contribution in [3.8, 4) is 0 Å². The van der Waals surface area contributed by atoms with Gasteiger partial charge in [0.25, 0.3) is 0 Å². The standard InChI is InChI=1S/C23H22N4O2S/c28-23(29)18-4-2-16(3-5-18)17-7-11-27(12-8-17)14-15-1-6-20-19(13-15)26-21-22(30-20)25-10-9-24-21/h1-6,9-10,13,17H,7-8,11-12,14H2,(H,24,26)(H,28,29). The Bertz CT molecular complexity index is 1080. The number of nitrogens with zero attached hydrogens (tertiary/aromatic N) is 3. The molecule has 30 heavy (non-hydrogen) atoms. The molecule has 152 valence electrons. The predicted octanol–water partition coefficient (Wildman–Crippen LogP) is 4.76. The van der Waals surface area contributed by atoms with Gasteiger partial charge in [0.2, 0.25) is 0 Å². The maximum absolute atomic E-state index is 11.0. The van der Waals surface area contributed by atoms with E-state index in [-0.39, 0.29) is 0 Å². The van der Waals surface area contributed by atoms with Crippen LogP contribution in [-0.4, -0.2) is 39.0 Å². The molecule has 2 aliphatic heterocycles. The molecule has 7 heteroatoms. The molecule has 2 N–H and O–H groups in total. The second-order valence-electron chi connectivity index (χ2n) is 7.75. The zero-order valence-corrected chi connectivity index (χ0v) is 17.2. The number of anilines is 2. The number of benzene rings is 2. The number of piperidine rings is 1. The van der Waals surface area contributed by atoms with Crippen molar-refractivity contribution >= 4 is 29.2 Å². The summed E-state index contributed by atoms with van der Waals surface area (Å²) in [6, 6.07) is 13.9. The van der Waals surface area contributed by atoms with Gasteiger partial charge in [-0.25, -0.2) is 14.8 Å². The van der Waals surface area contributed by atoms with Gasteiger partial charge in [-0.15, -0.1) is 0 Å². The molecule has 0 radical (unpaired) electrons. The van der Waals surface area contributed by atoms with Crippen LogP contribution in [0.15, 0.2) is 64.8 Å². The summed E-state index contributed by atoms with van der Waals surface area (Å²) >= 11 is 1.65. The fourth-order valence-electron chi connectivity index (χ4n) is 4.16. The molecule has 3 heterocycles. The third-order valence-corrected chi connectivity index (χ3v) is 6.86. The minimum absolute atomic E-state index is 0.351. The van der Waals surface area contributed by atoms with Crippen molar-refractivity contribution in [2.75, 3.05) is 18.4 Å². The zero-order chi connectivity index (χ0) is 20.5. The van der Waals surface area contributed by atoms with Crippen LogP contribution < -0.4 is 5.32 Å². The van der Waals surface area contributed by atoms with E-state index in [1.54, 1.807) is 36.3 Å². The number of fused-ring (bicyclic) bond motifs is 2. The lowest BCUT2D eigenvalue weighted by molar-refractivity contribution is 0.0697. The molecule has 2 aromatic carbocycles. The van der Waals surface area contributed by atoms with E-state index in [1.165, 1.54) is 16.0 Å². The largest absolute Gasteiger partial charge is 0.478 e. The molecule has 0 amide bonds. The van der Waals surface area contributed by atoms with Crippen LogP contribution in [0.25, 0.3) is 0 Å². The molecular formula is C23H22N4O2S. The maximum atomic E-state index is 11.0. The van der Waals surface area contributed by atoms with Crippen molar-refractivity contribution < 1.29 is 9.90 Å². The van der Waals surface area contributed by atoms with Crippen molar-refractivity contribution in [2.45, 2.75) is 35.2 Å². The molecule has 5 rings (SSSR count). The van der Waals surface area contributed by atoms with E-state index in [0.29, 0.717) is 11.5 Å². The first-order valence-corrected chi connectivity index (χ1v) is 10.9. The van der Waals surface area contributed by atoms with E-state index in [0.717, 1.165) is 49.0 Å². The van der Waals surface area contributed by atoms with Gasteiger partial charge < -0.3 is 10.4 Å². The van der Waals surface area contributed by atoms with E-state index in [1.807, 2.05) is 12.1 Å². The Morgan fingerprint density at radius 2 is 1.87 bits per heavy atom. The number of carboxylic acid groups (broad SMARTS) is 1. The molecule has 2 aliphatic rings. The third-order valence-electron chi connectivity index (χ3n) is 5.79. The van der Waals surface area contributed by atoms with E-state index < -0.39 is 5.97 Å². The van der Waals surface area contributed by atoms with E-state index in [4.69, 9.17) is 5.11 Å². The van der Waals surface area contributed by atoms with E-state index in [2.05, 4.69) is 38.4 Å². The lowest BCUT2D eigenvalue weighted by atomic mass is 9.89.